The highest BCUT2D eigenvalue weighted by Crippen LogP contribution is 2.34. The number of fused-ring (bicyclic) bond motifs is 1. The van der Waals surface area contributed by atoms with Gasteiger partial charge >= 0.3 is 17.1 Å². The van der Waals surface area contributed by atoms with Gasteiger partial charge in [-0.25, -0.2) is 0 Å². The minimum atomic E-state index is -0.646. The molecule has 1 N–H and O–H groups in total. The van der Waals surface area contributed by atoms with E-state index in [9.17, 15) is 19.2 Å². The molecule has 34 heavy (non-hydrogen) atoms. The maximum absolute atomic E-state index is 13.2. The number of rotatable bonds is 5. The summed E-state index contributed by atoms with van der Waals surface area (Å²) in [6, 6.07) is 8.07. The average Bonchev–Trinajstić information content (AvgIpc) is 3.35. The quantitative estimate of drug-likeness (QED) is 0.348. The lowest BCUT2D eigenvalue weighted by Gasteiger charge is -2.23. The molecule has 0 spiro atoms. The van der Waals surface area contributed by atoms with Crippen LogP contribution in [0.4, 0.5) is 11.4 Å². The fourth-order valence-corrected chi connectivity index (χ4v) is 4.17. The molecule has 0 aliphatic carbocycles. The normalized spacial score (nSPS) is 13.2. The zero-order chi connectivity index (χ0) is 24.6. The third kappa shape index (κ3) is 4.14. The number of carbonyl (C=O) groups excluding carboxylic acids is 2. The zero-order valence-electron chi connectivity index (χ0n) is 19.5. The molecular weight excluding hydrogens is 440 g/mol. The maximum Gasteiger partial charge on any atom is 0.316 e. The molecule has 10 heteroatoms. The summed E-state index contributed by atoms with van der Waals surface area (Å²) < 4.78 is 13.0. The van der Waals surface area contributed by atoms with Crippen LogP contribution in [0, 0.1) is 0 Å². The van der Waals surface area contributed by atoms with Crippen molar-refractivity contribution in [2.24, 2.45) is 14.1 Å². The third-order valence-corrected chi connectivity index (χ3v) is 5.98. The van der Waals surface area contributed by atoms with Crippen LogP contribution in [0.5, 0.6) is 11.5 Å². The van der Waals surface area contributed by atoms with E-state index in [0.717, 1.165) is 31.6 Å². The number of nitrogens with zero attached hydrogens (tertiary/aromatic N) is 3. The Balaban J connectivity index is 1.79. The Bertz CT molecular complexity index is 1420. The van der Waals surface area contributed by atoms with Crippen LogP contribution in [0.15, 0.2) is 39.9 Å². The van der Waals surface area contributed by atoms with E-state index in [2.05, 4.69) is 10.2 Å². The van der Waals surface area contributed by atoms with E-state index in [0.29, 0.717) is 22.3 Å². The molecule has 0 atom stereocenters. The van der Waals surface area contributed by atoms with Crippen LogP contribution < -0.4 is 30.8 Å². The molecule has 0 bridgehead atoms. The number of carbonyl (C=O) groups is 2. The van der Waals surface area contributed by atoms with E-state index in [1.54, 1.807) is 13.1 Å². The van der Waals surface area contributed by atoms with Crippen molar-refractivity contribution in [1.82, 2.24) is 9.13 Å². The molecule has 1 fully saturated rings. The Kier molecular flexibility index (Phi) is 6.14. The van der Waals surface area contributed by atoms with Crippen LogP contribution in [0.25, 0.3) is 11.0 Å². The van der Waals surface area contributed by atoms with Gasteiger partial charge in [0.2, 0.25) is 0 Å². The molecule has 2 heterocycles. The summed E-state index contributed by atoms with van der Waals surface area (Å²) in [6.07, 6.45) is 2.04. The topological polar surface area (TPSA) is 112 Å². The first-order valence-corrected chi connectivity index (χ1v) is 10.9. The number of nitrogens with one attached hydrogen (secondary N) is 1. The lowest BCUT2D eigenvalue weighted by atomic mass is 10.1. The molecule has 1 aliphatic heterocycles. The third-order valence-electron chi connectivity index (χ3n) is 5.98. The van der Waals surface area contributed by atoms with Crippen LogP contribution in [-0.4, -0.2) is 41.2 Å². The number of hydrogen-bond acceptors (Lipinski definition) is 7. The van der Waals surface area contributed by atoms with Gasteiger partial charge in [0.05, 0.1) is 29.5 Å². The lowest BCUT2D eigenvalue weighted by molar-refractivity contribution is -0.132. The number of aryl methyl sites for hydroxylation is 2. The van der Waals surface area contributed by atoms with E-state index >= 15 is 0 Å². The van der Waals surface area contributed by atoms with Gasteiger partial charge in [-0.15, -0.1) is 0 Å². The van der Waals surface area contributed by atoms with Gasteiger partial charge in [-0.2, -0.15) is 0 Å². The van der Waals surface area contributed by atoms with Crippen molar-refractivity contribution in [3.05, 3.63) is 56.6 Å². The van der Waals surface area contributed by atoms with Crippen molar-refractivity contribution in [2.75, 3.05) is 30.4 Å². The van der Waals surface area contributed by atoms with Gasteiger partial charge in [0.1, 0.15) is 0 Å². The largest absolute Gasteiger partial charge is 0.493 e. The first-order chi connectivity index (χ1) is 16.2. The zero-order valence-corrected chi connectivity index (χ0v) is 19.5. The van der Waals surface area contributed by atoms with E-state index in [1.165, 1.54) is 48.4 Å². The number of methoxy groups -OCH3 is 1. The number of hydrogen-bond donors (Lipinski definition) is 1. The summed E-state index contributed by atoms with van der Waals surface area (Å²) in [6.45, 7) is 2.92. The molecule has 3 aromatic rings. The Morgan fingerprint density at radius 3 is 2.12 bits per heavy atom. The van der Waals surface area contributed by atoms with Gasteiger partial charge in [0.25, 0.3) is 5.91 Å². The Hall–Kier alpha value is -4.08. The molecule has 0 radical (unpaired) electrons. The fraction of sp³-hybridized carbons (Fsp3) is 0.333. The predicted molar refractivity (Wildman–Crippen MR) is 128 cm³/mol. The number of aromatic nitrogens is 2. The van der Waals surface area contributed by atoms with Crippen molar-refractivity contribution in [2.45, 2.75) is 19.8 Å². The van der Waals surface area contributed by atoms with Crippen LogP contribution in [-0.2, 0) is 18.9 Å². The molecule has 0 unspecified atom stereocenters. The molecule has 1 saturated heterocycles. The summed E-state index contributed by atoms with van der Waals surface area (Å²) in [4.78, 5) is 51.3. The Labute approximate surface area is 195 Å². The number of benzene rings is 2. The molecule has 1 aromatic heterocycles. The van der Waals surface area contributed by atoms with E-state index in [4.69, 9.17) is 9.47 Å². The summed E-state index contributed by atoms with van der Waals surface area (Å²) in [5, 5.41) is 2.94. The van der Waals surface area contributed by atoms with Crippen LogP contribution in [0.2, 0.25) is 0 Å². The second kappa shape index (κ2) is 9.05. The van der Waals surface area contributed by atoms with Crippen molar-refractivity contribution in [3.63, 3.8) is 0 Å². The Morgan fingerprint density at radius 1 is 0.912 bits per heavy atom. The first-order valence-electron chi connectivity index (χ1n) is 10.9. The molecular formula is C24H26N4O6. The van der Waals surface area contributed by atoms with Gasteiger partial charge in [-0.05, 0) is 43.2 Å². The average molecular weight is 466 g/mol. The summed E-state index contributed by atoms with van der Waals surface area (Å²) in [7, 11) is 4.52. The molecule has 0 saturated carbocycles. The molecule has 1 aliphatic rings. The van der Waals surface area contributed by atoms with Crippen LogP contribution in [0.3, 0.4) is 0 Å². The van der Waals surface area contributed by atoms with E-state index in [-0.39, 0.29) is 11.5 Å². The van der Waals surface area contributed by atoms with Gasteiger partial charge in [0, 0.05) is 39.7 Å². The monoisotopic (exact) mass is 466 g/mol. The van der Waals surface area contributed by atoms with Crippen LogP contribution >= 0.6 is 0 Å². The first kappa shape index (κ1) is 23.1. The molecule has 10 nitrogen and oxygen atoms in total. The highest BCUT2D eigenvalue weighted by Gasteiger charge is 2.21. The Morgan fingerprint density at radius 2 is 1.53 bits per heavy atom. The highest BCUT2D eigenvalue weighted by molar-refractivity contribution is 6.07. The van der Waals surface area contributed by atoms with Crippen molar-refractivity contribution < 1.29 is 19.1 Å². The number of anilines is 2. The SMILES string of the molecule is COc1cc(C(=O)Nc2cc3c(cc2N2CCCC2)n(C)c(=O)c(=O)n3C)ccc1OC(C)=O. The summed E-state index contributed by atoms with van der Waals surface area (Å²) >= 11 is 0. The minimum absolute atomic E-state index is 0.214. The van der Waals surface area contributed by atoms with Gasteiger partial charge in [-0.1, -0.05) is 0 Å². The van der Waals surface area contributed by atoms with Gasteiger partial charge in [0.15, 0.2) is 11.5 Å². The molecule has 4 rings (SSSR count). The summed E-state index contributed by atoms with van der Waals surface area (Å²) in [5.41, 5.74) is 1.46. The van der Waals surface area contributed by atoms with Gasteiger partial charge < -0.3 is 28.8 Å². The van der Waals surface area contributed by atoms with Crippen molar-refractivity contribution in [1.29, 1.82) is 0 Å². The molecule has 2 aromatic carbocycles. The van der Waals surface area contributed by atoms with Crippen LogP contribution in [0.1, 0.15) is 30.1 Å². The summed E-state index contributed by atoms with van der Waals surface area (Å²) in [5.74, 6) is -0.436. The second-order valence-corrected chi connectivity index (χ2v) is 8.19. The molecule has 178 valence electrons. The van der Waals surface area contributed by atoms with Crippen molar-refractivity contribution in [3.8, 4) is 11.5 Å². The van der Waals surface area contributed by atoms with Gasteiger partial charge in [-0.3, -0.25) is 19.2 Å². The molecule has 1 amide bonds. The second-order valence-electron chi connectivity index (χ2n) is 8.19. The fourth-order valence-electron chi connectivity index (χ4n) is 4.17. The standard InChI is InChI=1S/C24H26N4O6/c1-14(29)34-20-8-7-15(11-21(20)33-4)22(30)25-16-12-18-19(13-17(16)28-9-5-6-10-28)27(3)24(32)23(31)26(18)2/h7-8,11-13H,5-6,9-10H2,1-4H3,(H,25,30). The number of amides is 1. The maximum atomic E-state index is 13.2. The predicted octanol–water partition coefficient (Wildman–Crippen LogP) is 2.02. The van der Waals surface area contributed by atoms with E-state index < -0.39 is 23.0 Å². The highest BCUT2D eigenvalue weighted by atomic mass is 16.6. The number of ether oxygens (including phenoxy) is 2. The number of esters is 1. The van der Waals surface area contributed by atoms with E-state index in [1.807, 2.05) is 6.07 Å². The van der Waals surface area contributed by atoms with Crippen molar-refractivity contribution >= 4 is 34.3 Å². The lowest BCUT2D eigenvalue weighted by Crippen LogP contribution is -2.39. The minimum Gasteiger partial charge on any atom is -0.493 e. The smallest absolute Gasteiger partial charge is 0.316 e.